The average molecular weight is 353 g/mol. The van der Waals surface area contributed by atoms with Gasteiger partial charge in [0, 0.05) is 42.9 Å². The third kappa shape index (κ3) is 4.44. The molecule has 2 fully saturated rings. The molecule has 1 heterocycles. The van der Waals surface area contributed by atoms with Crippen molar-refractivity contribution in [3.05, 3.63) is 28.2 Å². The Morgan fingerprint density at radius 3 is 2.90 bits per heavy atom. The number of ether oxygens (including phenoxy) is 1. The van der Waals surface area contributed by atoms with Crippen LogP contribution in [0.4, 0.5) is 5.69 Å². The highest BCUT2D eigenvalue weighted by molar-refractivity contribution is 9.10. The summed E-state index contributed by atoms with van der Waals surface area (Å²) in [4.78, 5) is 2.40. The molecule has 0 radical (unpaired) electrons. The van der Waals surface area contributed by atoms with Gasteiger partial charge in [-0.25, -0.2) is 0 Å². The highest BCUT2D eigenvalue weighted by atomic mass is 79.9. The van der Waals surface area contributed by atoms with Crippen molar-refractivity contribution < 1.29 is 4.74 Å². The van der Waals surface area contributed by atoms with Gasteiger partial charge in [-0.15, -0.1) is 0 Å². The van der Waals surface area contributed by atoms with E-state index in [2.05, 4.69) is 51.4 Å². The minimum atomic E-state index is 0.659. The van der Waals surface area contributed by atoms with Crippen LogP contribution >= 0.6 is 15.9 Å². The molecule has 3 nitrogen and oxygen atoms in total. The molecular weight excluding hydrogens is 328 g/mol. The first-order valence-electron chi connectivity index (χ1n) is 8.03. The fourth-order valence-electron chi connectivity index (χ4n) is 3.02. The molecule has 0 spiro atoms. The Morgan fingerprint density at radius 2 is 2.19 bits per heavy atom. The molecule has 1 unspecified atom stereocenters. The van der Waals surface area contributed by atoms with Crippen LogP contribution < -0.4 is 10.2 Å². The molecule has 0 bridgehead atoms. The molecule has 1 saturated heterocycles. The maximum Gasteiger partial charge on any atom is 0.0511 e. The molecule has 116 valence electrons. The predicted molar refractivity (Wildman–Crippen MR) is 90.8 cm³/mol. The number of hydrogen-bond donors (Lipinski definition) is 1. The Hall–Kier alpha value is -0.580. The lowest BCUT2D eigenvalue weighted by Crippen LogP contribution is -2.31. The van der Waals surface area contributed by atoms with Crippen LogP contribution in [0.15, 0.2) is 22.7 Å². The van der Waals surface area contributed by atoms with Gasteiger partial charge in [-0.2, -0.15) is 0 Å². The van der Waals surface area contributed by atoms with Gasteiger partial charge < -0.3 is 15.0 Å². The van der Waals surface area contributed by atoms with Crippen molar-refractivity contribution in [2.75, 3.05) is 31.7 Å². The summed E-state index contributed by atoms with van der Waals surface area (Å²) in [6, 6.07) is 7.37. The average Bonchev–Trinajstić information content (AvgIpc) is 3.31. The van der Waals surface area contributed by atoms with Crippen molar-refractivity contribution in [3.63, 3.8) is 0 Å². The van der Waals surface area contributed by atoms with Crippen LogP contribution in [0.1, 0.15) is 31.2 Å². The molecule has 2 aliphatic rings. The van der Waals surface area contributed by atoms with E-state index in [1.807, 2.05) is 0 Å². The molecular formula is C17H25BrN2O. The molecule has 1 aromatic rings. The second kappa shape index (κ2) is 7.12. The third-order valence-corrected chi connectivity index (χ3v) is 4.90. The van der Waals surface area contributed by atoms with Crippen molar-refractivity contribution in [2.24, 2.45) is 5.92 Å². The van der Waals surface area contributed by atoms with Crippen LogP contribution in [0, 0.1) is 5.92 Å². The van der Waals surface area contributed by atoms with Crippen LogP contribution in [-0.2, 0) is 11.3 Å². The Morgan fingerprint density at radius 1 is 1.33 bits per heavy atom. The highest BCUT2D eigenvalue weighted by Gasteiger charge is 2.21. The molecule has 4 heteroatoms. The summed E-state index contributed by atoms with van der Waals surface area (Å²) < 4.78 is 6.76. The molecule has 1 N–H and O–H groups in total. The van der Waals surface area contributed by atoms with Crippen LogP contribution in [-0.4, -0.2) is 32.8 Å². The van der Waals surface area contributed by atoms with E-state index in [0.29, 0.717) is 5.92 Å². The van der Waals surface area contributed by atoms with Gasteiger partial charge in [0.1, 0.15) is 0 Å². The number of halogens is 1. The molecule has 1 aromatic carbocycles. The van der Waals surface area contributed by atoms with E-state index in [9.17, 15) is 0 Å². The smallest absolute Gasteiger partial charge is 0.0511 e. The highest BCUT2D eigenvalue weighted by Crippen LogP contribution is 2.27. The monoisotopic (exact) mass is 352 g/mol. The molecule has 21 heavy (non-hydrogen) atoms. The summed E-state index contributed by atoms with van der Waals surface area (Å²) in [5, 5.41) is 3.62. The summed E-state index contributed by atoms with van der Waals surface area (Å²) in [6.07, 6.45) is 5.16. The van der Waals surface area contributed by atoms with Crippen LogP contribution in [0.3, 0.4) is 0 Å². The molecule has 1 aliphatic heterocycles. The Labute approximate surface area is 136 Å². The summed E-state index contributed by atoms with van der Waals surface area (Å²) in [6.45, 7) is 3.90. The minimum absolute atomic E-state index is 0.659. The lowest BCUT2D eigenvalue weighted by molar-refractivity contribution is 0.0576. The van der Waals surface area contributed by atoms with Crippen molar-refractivity contribution in [1.29, 1.82) is 0 Å². The van der Waals surface area contributed by atoms with Gasteiger partial charge in [0.15, 0.2) is 0 Å². The fraction of sp³-hybridized carbons (Fsp3) is 0.647. The van der Waals surface area contributed by atoms with Crippen LogP contribution in [0.25, 0.3) is 0 Å². The molecule has 1 atom stereocenters. The normalized spacial score (nSPS) is 22.3. The maximum absolute atomic E-state index is 5.61. The number of nitrogens with zero attached hydrogens (tertiary/aromatic N) is 1. The standard InChI is InChI=1S/C17H25BrN2O/c1-20(11-13-3-2-8-21-12-13)17-9-15(18)5-4-14(17)10-19-16-6-7-16/h4-5,9,13,16,19H,2-3,6-8,10-12H2,1H3. The Kier molecular flexibility index (Phi) is 5.19. The quantitative estimate of drug-likeness (QED) is 0.846. The zero-order valence-corrected chi connectivity index (χ0v) is 14.4. The van der Waals surface area contributed by atoms with E-state index in [-0.39, 0.29) is 0 Å². The number of nitrogens with one attached hydrogen (secondary N) is 1. The van der Waals surface area contributed by atoms with Gasteiger partial charge in [0.2, 0.25) is 0 Å². The van der Waals surface area contributed by atoms with Gasteiger partial charge >= 0.3 is 0 Å². The first kappa shape index (κ1) is 15.3. The zero-order chi connectivity index (χ0) is 14.7. The molecule has 0 amide bonds. The van der Waals surface area contributed by atoms with E-state index in [4.69, 9.17) is 4.74 Å². The SMILES string of the molecule is CN(CC1CCCOC1)c1cc(Br)ccc1CNC1CC1. The van der Waals surface area contributed by atoms with Crippen molar-refractivity contribution >= 4 is 21.6 Å². The van der Waals surface area contributed by atoms with E-state index in [1.54, 1.807) is 0 Å². The van der Waals surface area contributed by atoms with Crippen molar-refractivity contribution in [2.45, 2.75) is 38.3 Å². The minimum Gasteiger partial charge on any atom is -0.381 e. The van der Waals surface area contributed by atoms with E-state index >= 15 is 0 Å². The predicted octanol–water partition coefficient (Wildman–Crippen LogP) is 3.56. The van der Waals surface area contributed by atoms with Gasteiger partial charge in [-0.1, -0.05) is 22.0 Å². The third-order valence-electron chi connectivity index (χ3n) is 4.40. The van der Waals surface area contributed by atoms with Gasteiger partial charge in [-0.3, -0.25) is 0 Å². The largest absolute Gasteiger partial charge is 0.381 e. The zero-order valence-electron chi connectivity index (χ0n) is 12.8. The summed E-state index contributed by atoms with van der Waals surface area (Å²) in [5.41, 5.74) is 2.73. The lowest BCUT2D eigenvalue weighted by atomic mass is 10.0. The van der Waals surface area contributed by atoms with Crippen molar-refractivity contribution in [3.8, 4) is 0 Å². The summed E-state index contributed by atoms with van der Waals surface area (Å²) in [7, 11) is 2.21. The topological polar surface area (TPSA) is 24.5 Å². The van der Waals surface area contributed by atoms with Crippen molar-refractivity contribution in [1.82, 2.24) is 5.32 Å². The fourth-order valence-corrected chi connectivity index (χ4v) is 3.37. The molecule has 1 saturated carbocycles. The number of anilines is 1. The number of benzene rings is 1. The molecule has 3 rings (SSSR count). The first-order valence-corrected chi connectivity index (χ1v) is 8.82. The number of rotatable bonds is 6. The van der Waals surface area contributed by atoms with Gasteiger partial charge in [-0.05, 0) is 49.3 Å². The Bertz CT molecular complexity index is 470. The summed E-state index contributed by atoms with van der Waals surface area (Å²) >= 11 is 3.61. The van der Waals surface area contributed by atoms with Gasteiger partial charge in [0.05, 0.1) is 6.61 Å². The number of hydrogen-bond acceptors (Lipinski definition) is 3. The lowest BCUT2D eigenvalue weighted by Gasteiger charge is -2.30. The van der Waals surface area contributed by atoms with Crippen LogP contribution in [0.5, 0.6) is 0 Å². The van der Waals surface area contributed by atoms with Gasteiger partial charge in [0.25, 0.3) is 0 Å². The molecule has 1 aliphatic carbocycles. The summed E-state index contributed by atoms with van der Waals surface area (Å²) in [5.74, 6) is 0.659. The second-order valence-corrected chi connectivity index (χ2v) is 7.31. The van der Waals surface area contributed by atoms with E-state index in [1.165, 1.54) is 36.9 Å². The maximum atomic E-state index is 5.61. The van der Waals surface area contributed by atoms with E-state index < -0.39 is 0 Å². The first-order chi connectivity index (χ1) is 10.2. The van der Waals surface area contributed by atoms with E-state index in [0.717, 1.165) is 36.8 Å². The molecule has 0 aromatic heterocycles. The van der Waals surface area contributed by atoms with Crippen LogP contribution in [0.2, 0.25) is 0 Å². The Balaban J connectivity index is 1.66. The second-order valence-electron chi connectivity index (χ2n) is 6.39.